The van der Waals surface area contributed by atoms with E-state index < -0.39 is 11.9 Å². The van der Waals surface area contributed by atoms with Gasteiger partial charge in [0.05, 0.1) is 90.5 Å². The fourth-order valence-corrected chi connectivity index (χ4v) is 14.3. The monoisotopic (exact) mass is 1420 g/mol. The maximum Gasteiger partial charge on any atom is 0.330 e. The normalized spacial score (nSPS) is 16.0. The highest BCUT2D eigenvalue weighted by molar-refractivity contribution is 8.01. The number of rotatable bonds is 45. The Balaban J connectivity index is 0.740. The van der Waals surface area contributed by atoms with E-state index in [1.807, 2.05) is 65.7 Å². The van der Waals surface area contributed by atoms with Gasteiger partial charge < -0.3 is 42.9 Å². The summed E-state index contributed by atoms with van der Waals surface area (Å²) in [6.07, 6.45) is 22.3. The molecule has 0 N–H and O–H groups in total. The molecule has 5 aromatic carbocycles. The second-order valence-corrected chi connectivity index (χ2v) is 28.1. The van der Waals surface area contributed by atoms with Crippen molar-refractivity contribution in [1.82, 2.24) is 9.97 Å². The molecule has 2 saturated carbocycles. The van der Waals surface area contributed by atoms with Gasteiger partial charge in [-0.2, -0.15) is 14.9 Å². The number of fused-ring (bicyclic) bond motifs is 2. The second-order valence-electron chi connectivity index (χ2n) is 24.8. The van der Waals surface area contributed by atoms with Gasteiger partial charge >= 0.3 is 29.8 Å². The second kappa shape index (κ2) is 42.7. The van der Waals surface area contributed by atoms with Crippen molar-refractivity contribution in [3.63, 3.8) is 0 Å². The summed E-state index contributed by atoms with van der Waals surface area (Å²) in [5.41, 5.74) is 2.35. The number of anilines is 1. The van der Waals surface area contributed by atoms with Crippen LogP contribution in [-0.2, 0) is 48.0 Å². The lowest BCUT2D eigenvalue weighted by molar-refractivity contribution is -0.218. The molecular formula is C77H92N4O16S3. The largest absolute Gasteiger partial charge is 0.494 e. The highest BCUT2D eigenvalue weighted by Gasteiger charge is 2.30. The molecule has 23 heteroatoms. The first kappa shape index (κ1) is 75.8. The van der Waals surface area contributed by atoms with E-state index in [9.17, 15) is 24.0 Å². The average Bonchev–Trinajstić information content (AvgIpc) is 1.67. The average molecular weight is 1430 g/mol. The summed E-state index contributed by atoms with van der Waals surface area (Å²) < 4.78 is 42.3. The molecule has 0 aliphatic heterocycles. The molecule has 2 aromatic heterocycles. The van der Waals surface area contributed by atoms with Crippen LogP contribution < -0.4 is 33.7 Å². The molecule has 0 bridgehead atoms. The Morgan fingerprint density at radius 2 is 0.970 bits per heavy atom. The van der Waals surface area contributed by atoms with Crippen LogP contribution in [0.25, 0.3) is 20.4 Å². The van der Waals surface area contributed by atoms with Gasteiger partial charge in [0.1, 0.15) is 23.0 Å². The Hall–Kier alpha value is -8.35. The predicted molar refractivity (Wildman–Crippen MR) is 388 cm³/mol. The van der Waals surface area contributed by atoms with E-state index >= 15 is 0 Å². The van der Waals surface area contributed by atoms with E-state index in [0.29, 0.717) is 113 Å². The first-order valence-corrected chi connectivity index (χ1v) is 37.7. The number of thioether (sulfide) groups is 1. The van der Waals surface area contributed by atoms with Crippen molar-refractivity contribution in [3.05, 3.63) is 146 Å². The molecule has 0 spiro atoms. The third-order valence-corrected chi connectivity index (χ3v) is 20.4. The third kappa shape index (κ3) is 26.6. The summed E-state index contributed by atoms with van der Waals surface area (Å²) in [6.45, 7) is 10.4. The van der Waals surface area contributed by atoms with Crippen LogP contribution in [0.1, 0.15) is 147 Å². The molecule has 534 valence electrons. The smallest absolute Gasteiger partial charge is 0.330 e. The fraction of sp³-hybridized carbons (Fsp3) is 0.455. The molecule has 7 aromatic rings. The number of nitrogens with zero attached hydrogens (tertiary/aromatic N) is 4. The Bertz CT molecular complexity index is 3630. The summed E-state index contributed by atoms with van der Waals surface area (Å²) in [5.74, 6) is 1.62. The van der Waals surface area contributed by atoms with Crippen LogP contribution in [0, 0.1) is 23.7 Å². The van der Waals surface area contributed by atoms with Crippen molar-refractivity contribution in [2.24, 2.45) is 28.8 Å². The van der Waals surface area contributed by atoms with E-state index in [2.05, 4.69) is 18.1 Å². The van der Waals surface area contributed by atoms with Crippen LogP contribution in [0.4, 0.5) is 5.13 Å². The van der Waals surface area contributed by atoms with Gasteiger partial charge in [-0.05, 0) is 218 Å². The Labute approximate surface area is 597 Å². The first-order chi connectivity index (χ1) is 49.0. The zero-order chi connectivity index (χ0) is 69.8. The fourth-order valence-electron chi connectivity index (χ4n) is 11.5. The van der Waals surface area contributed by atoms with E-state index in [0.717, 1.165) is 151 Å². The number of hydrogen-bond acceptors (Lipinski definition) is 23. The number of hydrazone groups is 1. The number of carbonyl (C=O) groups is 5. The Morgan fingerprint density at radius 1 is 0.500 bits per heavy atom. The van der Waals surface area contributed by atoms with Gasteiger partial charge in [-0.3, -0.25) is 14.4 Å². The van der Waals surface area contributed by atoms with E-state index in [1.54, 1.807) is 83.5 Å². The quantitative estimate of drug-likeness (QED) is 0.00398. The molecule has 2 aliphatic carbocycles. The number of para-hydroxylation sites is 2. The lowest BCUT2D eigenvalue weighted by Crippen LogP contribution is -2.27. The number of esters is 5. The number of carbonyl (C=O) groups excluding carboxylic acids is 5. The van der Waals surface area contributed by atoms with E-state index in [4.69, 9.17) is 62.8 Å². The molecule has 2 fully saturated rings. The molecular weight excluding hydrogens is 1330 g/mol. The molecule has 9 rings (SSSR count). The summed E-state index contributed by atoms with van der Waals surface area (Å²) >= 11 is 4.55. The zero-order valence-corrected chi connectivity index (χ0v) is 59.3. The van der Waals surface area contributed by atoms with E-state index in [-0.39, 0.29) is 47.3 Å². The molecule has 20 nitrogen and oxygen atoms in total. The van der Waals surface area contributed by atoms with Crippen molar-refractivity contribution < 1.29 is 76.7 Å². The van der Waals surface area contributed by atoms with Crippen molar-refractivity contribution in [3.8, 4) is 34.5 Å². The SMILES string of the molecule is C=CC(=O)OCCCCCCOc1ccc(OOCC2CCC(C(=O)Oc3ccc(OOCC4CCC(C(=O)Oc5ccc(OCCCCCCOC(=O)C=C)cc5)CC4)c(/C=N/N(CCCCCCCCOC(=O)CSc4nc5ccccc5s4)c4nc5ccccc5s4)c3)CC2)cc1. The maximum absolute atomic E-state index is 13.9. The molecule has 0 amide bonds. The molecule has 0 radical (unpaired) electrons. The number of aromatic nitrogens is 2. The van der Waals surface area contributed by atoms with Gasteiger partial charge in [0.2, 0.25) is 5.13 Å². The van der Waals surface area contributed by atoms with Crippen LogP contribution in [0.5, 0.6) is 34.5 Å². The minimum absolute atomic E-state index is 0.139. The molecule has 0 unspecified atom stereocenters. The Morgan fingerprint density at radius 3 is 1.53 bits per heavy atom. The number of benzene rings is 5. The minimum Gasteiger partial charge on any atom is -0.494 e. The van der Waals surface area contributed by atoms with Crippen LogP contribution in [0.15, 0.2) is 150 Å². The summed E-state index contributed by atoms with van der Waals surface area (Å²) in [7, 11) is 0. The maximum atomic E-state index is 13.9. The number of unbranched alkanes of at least 4 members (excludes halogenated alkanes) is 11. The van der Waals surface area contributed by atoms with Gasteiger partial charge in [0.15, 0.2) is 15.8 Å². The summed E-state index contributed by atoms with van der Waals surface area (Å²) in [4.78, 5) is 95.1. The van der Waals surface area contributed by atoms with Crippen LogP contribution in [0.3, 0.4) is 0 Å². The lowest BCUT2D eigenvalue weighted by Gasteiger charge is -2.27. The van der Waals surface area contributed by atoms with Crippen molar-refractivity contribution >= 4 is 96.1 Å². The van der Waals surface area contributed by atoms with Gasteiger partial charge in [-0.25, -0.2) is 24.6 Å². The minimum atomic E-state index is -0.405. The van der Waals surface area contributed by atoms with Crippen LogP contribution in [-0.4, -0.2) is 105 Å². The molecule has 100 heavy (non-hydrogen) atoms. The lowest BCUT2D eigenvalue weighted by atomic mass is 9.82. The molecule has 2 aliphatic rings. The van der Waals surface area contributed by atoms with Gasteiger partial charge in [0, 0.05) is 24.3 Å². The first-order valence-electron chi connectivity index (χ1n) is 35.1. The molecule has 0 atom stereocenters. The molecule has 0 saturated heterocycles. The van der Waals surface area contributed by atoms with Crippen LogP contribution in [0.2, 0.25) is 0 Å². The standard InChI is InChI=1S/C77H92N4O16S3/c1-3-71(82)89-48-21-11-9-18-46-87-61-35-39-63(40-36-61)94-74(85)58-31-29-57(30-32-58)54-93-97-68-44-43-65(95-75(86)59-33-27-56(28-34-59)53-92-96-64-41-37-62(38-42-64)88-47-19-10-12-22-49-90-72(83)4-2)51-60(68)52-78-81(76-79-66-23-13-15-25-69(66)99-76)45-17-7-5-6-8-20-50-91-73(84)55-98-77-80-67-24-14-16-26-70(67)100-77/h3-4,13-16,23-26,35-44,51-52,56-59H,1-2,5-12,17-22,27-34,45-50,53-55H2/b78-52+. The van der Waals surface area contributed by atoms with Crippen LogP contribution >= 0.6 is 34.4 Å². The van der Waals surface area contributed by atoms with Gasteiger partial charge in [-0.1, -0.05) is 86.2 Å². The highest BCUT2D eigenvalue weighted by Crippen LogP contribution is 2.36. The zero-order valence-electron chi connectivity index (χ0n) is 56.9. The number of thiazole rings is 2. The Kier molecular flexibility index (Phi) is 32.4. The van der Waals surface area contributed by atoms with Gasteiger partial charge in [-0.15, -0.1) is 11.3 Å². The topological polar surface area (TPSA) is 228 Å². The van der Waals surface area contributed by atoms with Crippen molar-refractivity contribution in [2.75, 3.05) is 63.6 Å². The third-order valence-electron chi connectivity index (χ3n) is 17.2. The number of ether oxygens (including phenoxy) is 7. The highest BCUT2D eigenvalue weighted by atomic mass is 32.2. The van der Waals surface area contributed by atoms with Gasteiger partial charge in [0.25, 0.3) is 0 Å². The summed E-state index contributed by atoms with van der Waals surface area (Å²) in [5, 5.41) is 7.70. The summed E-state index contributed by atoms with van der Waals surface area (Å²) in [6, 6.07) is 35.5. The van der Waals surface area contributed by atoms with E-state index in [1.165, 1.54) is 23.9 Å². The van der Waals surface area contributed by atoms with Crippen molar-refractivity contribution in [1.29, 1.82) is 0 Å². The molecule has 2 heterocycles. The predicted octanol–water partition coefficient (Wildman–Crippen LogP) is 17.2. The number of hydrogen-bond donors (Lipinski definition) is 0. The van der Waals surface area contributed by atoms with Crippen molar-refractivity contribution in [2.45, 2.75) is 146 Å².